The standard InChI is InChI=1S/C12H12N2O/c1-9-11(7-13-14-8-12(9)15)10-5-3-2-4-6-10/h2-7,14H,8H2,1H3. The quantitative estimate of drug-likeness (QED) is 0.748. The molecule has 0 unspecified atom stereocenters. The van der Waals surface area contributed by atoms with Gasteiger partial charge in [-0.15, -0.1) is 0 Å². The molecule has 3 nitrogen and oxygen atoms in total. The van der Waals surface area contributed by atoms with E-state index in [0.717, 1.165) is 16.7 Å². The van der Waals surface area contributed by atoms with Crippen molar-refractivity contribution in [3.05, 3.63) is 41.5 Å². The van der Waals surface area contributed by atoms with Crippen molar-refractivity contribution in [2.24, 2.45) is 5.10 Å². The zero-order valence-electron chi connectivity index (χ0n) is 8.53. The Morgan fingerprint density at radius 3 is 2.73 bits per heavy atom. The van der Waals surface area contributed by atoms with Crippen molar-refractivity contribution in [3.8, 4) is 0 Å². The zero-order valence-corrected chi connectivity index (χ0v) is 8.53. The Balaban J connectivity index is 2.49. The van der Waals surface area contributed by atoms with Gasteiger partial charge in [0.05, 0.1) is 12.8 Å². The summed E-state index contributed by atoms with van der Waals surface area (Å²) in [5, 5.41) is 3.98. The van der Waals surface area contributed by atoms with E-state index in [1.54, 1.807) is 6.21 Å². The number of rotatable bonds is 1. The molecular weight excluding hydrogens is 188 g/mol. The van der Waals surface area contributed by atoms with Crippen molar-refractivity contribution in [1.82, 2.24) is 5.43 Å². The second kappa shape index (κ2) is 4.09. The monoisotopic (exact) mass is 200 g/mol. The van der Waals surface area contributed by atoms with Gasteiger partial charge in [-0.25, -0.2) is 0 Å². The maximum atomic E-state index is 11.6. The van der Waals surface area contributed by atoms with E-state index in [9.17, 15) is 4.79 Å². The summed E-state index contributed by atoms with van der Waals surface area (Å²) in [6, 6.07) is 9.80. The van der Waals surface area contributed by atoms with Gasteiger partial charge in [0.15, 0.2) is 5.78 Å². The second-order valence-electron chi connectivity index (χ2n) is 3.42. The summed E-state index contributed by atoms with van der Waals surface area (Å²) in [5.41, 5.74) is 5.38. The molecule has 0 saturated carbocycles. The van der Waals surface area contributed by atoms with E-state index in [1.807, 2.05) is 37.3 Å². The van der Waals surface area contributed by atoms with E-state index in [0.29, 0.717) is 0 Å². The summed E-state index contributed by atoms with van der Waals surface area (Å²) >= 11 is 0. The number of hydrogen-bond acceptors (Lipinski definition) is 3. The molecule has 0 radical (unpaired) electrons. The number of nitrogens with zero attached hydrogens (tertiary/aromatic N) is 1. The first kappa shape index (κ1) is 9.65. The van der Waals surface area contributed by atoms with Gasteiger partial charge in [0.2, 0.25) is 0 Å². The molecule has 3 heteroatoms. The number of carbonyl (C=O) groups is 1. The number of Topliss-reactive ketones (excluding diaryl/α,β-unsaturated/α-hetero) is 1. The maximum absolute atomic E-state index is 11.6. The molecule has 0 aromatic heterocycles. The molecule has 0 amide bonds. The lowest BCUT2D eigenvalue weighted by Gasteiger charge is -2.03. The van der Waals surface area contributed by atoms with Crippen molar-refractivity contribution >= 4 is 17.6 Å². The third-order valence-corrected chi connectivity index (χ3v) is 2.43. The molecule has 0 fully saturated rings. The van der Waals surface area contributed by atoms with Crippen molar-refractivity contribution < 1.29 is 4.79 Å². The predicted molar refractivity (Wildman–Crippen MR) is 60.5 cm³/mol. The molecule has 0 aliphatic carbocycles. The minimum absolute atomic E-state index is 0.0892. The number of benzene rings is 1. The van der Waals surface area contributed by atoms with Crippen LogP contribution in [0.2, 0.25) is 0 Å². The van der Waals surface area contributed by atoms with Crippen LogP contribution in [0.15, 0.2) is 41.0 Å². The molecule has 1 aliphatic heterocycles. The normalized spacial score (nSPS) is 16.2. The summed E-state index contributed by atoms with van der Waals surface area (Å²) in [7, 11) is 0. The van der Waals surface area contributed by atoms with Gasteiger partial charge in [-0.2, -0.15) is 5.10 Å². The van der Waals surface area contributed by atoms with Crippen LogP contribution in [0.3, 0.4) is 0 Å². The molecule has 76 valence electrons. The minimum Gasteiger partial charge on any atom is -0.302 e. The fourth-order valence-corrected chi connectivity index (χ4v) is 1.52. The Bertz CT molecular complexity index is 432. The highest BCUT2D eigenvalue weighted by atomic mass is 16.1. The SMILES string of the molecule is CC1=C(c2ccccc2)C=NNCC1=O. The van der Waals surface area contributed by atoms with Crippen LogP contribution in [0.4, 0.5) is 0 Å². The van der Waals surface area contributed by atoms with Gasteiger partial charge in [-0.3, -0.25) is 4.79 Å². The molecule has 0 spiro atoms. The Labute approximate surface area is 88.5 Å². The average Bonchev–Trinajstić information content (AvgIpc) is 2.44. The Kier molecular flexibility index (Phi) is 2.63. The van der Waals surface area contributed by atoms with E-state index < -0.39 is 0 Å². The van der Waals surface area contributed by atoms with Gasteiger partial charge in [-0.05, 0) is 12.5 Å². The lowest BCUT2D eigenvalue weighted by atomic mass is 9.99. The van der Waals surface area contributed by atoms with E-state index in [2.05, 4.69) is 10.5 Å². The first-order valence-corrected chi connectivity index (χ1v) is 4.84. The van der Waals surface area contributed by atoms with Crippen molar-refractivity contribution in [2.75, 3.05) is 6.54 Å². The van der Waals surface area contributed by atoms with Gasteiger partial charge in [0, 0.05) is 11.1 Å². The zero-order chi connectivity index (χ0) is 10.7. The van der Waals surface area contributed by atoms with Gasteiger partial charge >= 0.3 is 0 Å². The Hall–Kier alpha value is -1.90. The molecule has 15 heavy (non-hydrogen) atoms. The average molecular weight is 200 g/mol. The predicted octanol–water partition coefficient (Wildman–Crippen LogP) is 1.62. The lowest BCUT2D eigenvalue weighted by molar-refractivity contribution is -0.114. The number of nitrogens with one attached hydrogen (secondary N) is 1. The van der Waals surface area contributed by atoms with Crippen molar-refractivity contribution in [2.45, 2.75) is 6.92 Å². The van der Waals surface area contributed by atoms with Gasteiger partial charge < -0.3 is 5.43 Å². The van der Waals surface area contributed by atoms with E-state index >= 15 is 0 Å². The van der Waals surface area contributed by atoms with E-state index in [4.69, 9.17) is 0 Å². The summed E-state index contributed by atoms with van der Waals surface area (Å²) < 4.78 is 0. The van der Waals surface area contributed by atoms with E-state index in [1.165, 1.54) is 0 Å². The van der Waals surface area contributed by atoms with Gasteiger partial charge in [0.1, 0.15) is 0 Å². The fourth-order valence-electron chi connectivity index (χ4n) is 1.52. The number of hydrogen-bond donors (Lipinski definition) is 1. The summed E-state index contributed by atoms with van der Waals surface area (Å²) in [6.07, 6.45) is 1.70. The Morgan fingerprint density at radius 1 is 1.27 bits per heavy atom. The van der Waals surface area contributed by atoms with Crippen LogP contribution in [-0.4, -0.2) is 18.5 Å². The third-order valence-electron chi connectivity index (χ3n) is 2.43. The number of ketones is 1. The van der Waals surface area contributed by atoms with Crippen LogP contribution < -0.4 is 5.43 Å². The minimum atomic E-state index is 0.0892. The third kappa shape index (κ3) is 1.96. The molecule has 1 heterocycles. The number of allylic oxidation sites excluding steroid dienone is 1. The number of carbonyl (C=O) groups excluding carboxylic acids is 1. The molecule has 2 rings (SSSR count). The first-order valence-electron chi connectivity index (χ1n) is 4.84. The van der Waals surface area contributed by atoms with Crippen LogP contribution >= 0.6 is 0 Å². The van der Waals surface area contributed by atoms with Crippen LogP contribution in [0, 0.1) is 0 Å². The number of hydrazone groups is 1. The van der Waals surface area contributed by atoms with Crippen LogP contribution in [0.5, 0.6) is 0 Å². The van der Waals surface area contributed by atoms with E-state index in [-0.39, 0.29) is 12.3 Å². The van der Waals surface area contributed by atoms with Crippen molar-refractivity contribution in [1.29, 1.82) is 0 Å². The fraction of sp³-hybridized carbons (Fsp3) is 0.167. The molecular formula is C12H12N2O. The summed E-state index contributed by atoms with van der Waals surface area (Å²) in [4.78, 5) is 11.6. The van der Waals surface area contributed by atoms with Gasteiger partial charge in [-0.1, -0.05) is 30.3 Å². The van der Waals surface area contributed by atoms with Crippen LogP contribution in [-0.2, 0) is 4.79 Å². The molecule has 1 aliphatic rings. The summed E-state index contributed by atoms with van der Waals surface area (Å²) in [5.74, 6) is 0.0892. The highest BCUT2D eigenvalue weighted by molar-refractivity contribution is 6.20. The molecule has 1 aromatic carbocycles. The molecule has 0 atom stereocenters. The second-order valence-corrected chi connectivity index (χ2v) is 3.42. The lowest BCUT2D eigenvalue weighted by Crippen LogP contribution is -2.16. The summed E-state index contributed by atoms with van der Waals surface area (Å²) in [6.45, 7) is 2.11. The van der Waals surface area contributed by atoms with Crippen molar-refractivity contribution in [3.63, 3.8) is 0 Å². The van der Waals surface area contributed by atoms with Crippen LogP contribution in [0.25, 0.3) is 5.57 Å². The molecule has 1 aromatic rings. The highest BCUT2D eigenvalue weighted by Gasteiger charge is 2.13. The topological polar surface area (TPSA) is 41.5 Å². The van der Waals surface area contributed by atoms with Gasteiger partial charge in [0.25, 0.3) is 0 Å². The smallest absolute Gasteiger partial charge is 0.179 e. The Morgan fingerprint density at radius 2 is 2.00 bits per heavy atom. The maximum Gasteiger partial charge on any atom is 0.179 e. The largest absolute Gasteiger partial charge is 0.302 e. The van der Waals surface area contributed by atoms with Crippen LogP contribution in [0.1, 0.15) is 12.5 Å². The molecule has 0 saturated heterocycles. The highest BCUT2D eigenvalue weighted by Crippen LogP contribution is 2.18. The molecule has 1 N–H and O–H groups in total. The molecule has 0 bridgehead atoms. The first-order chi connectivity index (χ1) is 7.29.